The van der Waals surface area contributed by atoms with E-state index in [0.29, 0.717) is 29.1 Å². The van der Waals surface area contributed by atoms with Crippen LogP contribution in [-0.4, -0.2) is 42.0 Å². The van der Waals surface area contributed by atoms with Gasteiger partial charge in [0, 0.05) is 23.2 Å². The van der Waals surface area contributed by atoms with Crippen molar-refractivity contribution in [1.82, 2.24) is 5.32 Å². The zero-order valence-corrected chi connectivity index (χ0v) is 24.7. The second-order valence-electron chi connectivity index (χ2n) is 10.5. The topological polar surface area (TPSA) is 105 Å². The van der Waals surface area contributed by atoms with Gasteiger partial charge in [0.05, 0.1) is 13.0 Å². The van der Waals surface area contributed by atoms with E-state index in [-0.39, 0.29) is 31.1 Å². The molecule has 0 saturated carbocycles. The van der Waals surface area contributed by atoms with Gasteiger partial charge in [-0.15, -0.1) is 0 Å². The lowest BCUT2D eigenvalue weighted by atomic mass is 9.97. The third kappa shape index (κ3) is 8.45. The fourth-order valence-electron chi connectivity index (χ4n) is 5.07. The minimum Gasteiger partial charge on any atom is -0.492 e. The number of nitrogens with one attached hydrogen (secondary N) is 2. The molecule has 0 saturated heterocycles. The molecule has 0 aliphatic heterocycles. The van der Waals surface area contributed by atoms with E-state index in [2.05, 4.69) is 10.6 Å². The van der Waals surface area contributed by atoms with Crippen molar-refractivity contribution in [2.24, 2.45) is 0 Å². The number of benzene rings is 5. The van der Waals surface area contributed by atoms with Gasteiger partial charge in [0.1, 0.15) is 18.4 Å². The second-order valence-corrected chi connectivity index (χ2v) is 10.5. The van der Waals surface area contributed by atoms with Crippen LogP contribution in [0.2, 0.25) is 0 Å². The molecule has 5 rings (SSSR count). The number of carboxylic acids is 1. The summed E-state index contributed by atoms with van der Waals surface area (Å²) in [7, 11) is 0. The van der Waals surface area contributed by atoms with Crippen LogP contribution in [-0.2, 0) is 22.4 Å². The van der Waals surface area contributed by atoms with Crippen LogP contribution < -0.4 is 15.4 Å². The van der Waals surface area contributed by atoms with Gasteiger partial charge in [0.2, 0.25) is 5.91 Å². The van der Waals surface area contributed by atoms with Gasteiger partial charge >= 0.3 is 5.97 Å². The van der Waals surface area contributed by atoms with Crippen LogP contribution in [0.5, 0.6) is 5.75 Å². The number of aliphatic carboxylic acids is 1. The van der Waals surface area contributed by atoms with E-state index in [1.807, 2.05) is 72.8 Å². The number of ether oxygens (including phenoxy) is 1. The number of anilines is 1. The second kappa shape index (κ2) is 15.2. The van der Waals surface area contributed by atoms with Gasteiger partial charge in [-0.25, -0.2) is 4.79 Å². The SMILES string of the molecule is O=C(Cc1ccccc1-c1ccccc1)NCCOc1ccc(CC(Nc2ccccc2C(=O)c2ccccc2)C(=O)O)cc1. The Kier molecular flexibility index (Phi) is 10.4. The van der Waals surface area contributed by atoms with Crippen molar-refractivity contribution in [3.8, 4) is 16.9 Å². The monoisotopic (exact) mass is 598 g/mol. The molecule has 0 radical (unpaired) electrons. The summed E-state index contributed by atoms with van der Waals surface area (Å²) < 4.78 is 5.80. The molecule has 0 aliphatic carbocycles. The van der Waals surface area contributed by atoms with Crippen molar-refractivity contribution in [3.63, 3.8) is 0 Å². The highest BCUT2D eigenvalue weighted by Gasteiger charge is 2.21. The largest absolute Gasteiger partial charge is 0.492 e. The summed E-state index contributed by atoms with van der Waals surface area (Å²) in [6.45, 7) is 0.636. The molecule has 5 aromatic rings. The van der Waals surface area contributed by atoms with Gasteiger partial charge in [-0.1, -0.05) is 109 Å². The normalized spacial score (nSPS) is 11.3. The molecule has 0 bridgehead atoms. The third-order valence-electron chi connectivity index (χ3n) is 7.34. The Hall–Kier alpha value is -5.69. The van der Waals surface area contributed by atoms with E-state index in [0.717, 1.165) is 22.3 Å². The first kappa shape index (κ1) is 30.8. The number of rotatable bonds is 14. The quantitative estimate of drug-likeness (QED) is 0.101. The molecule has 3 N–H and O–H groups in total. The molecule has 1 atom stereocenters. The van der Waals surface area contributed by atoms with Crippen molar-refractivity contribution < 1.29 is 24.2 Å². The van der Waals surface area contributed by atoms with Gasteiger partial charge in [-0.3, -0.25) is 9.59 Å². The maximum atomic E-state index is 13.1. The highest BCUT2D eigenvalue weighted by molar-refractivity contribution is 6.12. The summed E-state index contributed by atoms with van der Waals surface area (Å²) >= 11 is 0. The number of para-hydroxylation sites is 1. The first-order valence-electron chi connectivity index (χ1n) is 14.8. The zero-order valence-electron chi connectivity index (χ0n) is 24.7. The highest BCUT2D eigenvalue weighted by Crippen LogP contribution is 2.24. The molecule has 0 aliphatic rings. The minimum absolute atomic E-state index is 0.0865. The Bertz CT molecular complexity index is 1740. The van der Waals surface area contributed by atoms with Gasteiger partial charge in [0.15, 0.2) is 5.78 Å². The molecule has 1 amide bonds. The van der Waals surface area contributed by atoms with Crippen molar-refractivity contribution in [1.29, 1.82) is 0 Å². The van der Waals surface area contributed by atoms with Crippen molar-refractivity contribution in [2.75, 3.05) is 18.5 Å². The Morgan fingerprint density at radius 1 is 0.711 bits per heavy atom. The molecular weight excluding hydrogens is 564 g/mol. The number of amides is 1. The standard InChI is InChI=1S/C38H34N2O5/c41-36(26-30-15-7-8-16-32(30)28-11-3-1-4-12-28)39-23-24-45-31-21-19-27(20-22-31)25-35(38(43)44)40-34-18-10-9-17-33(34)37(42)29-13-5-2-6-14-29/h1-22,35,40H,23-26H2,(H,39,41)(H,43,44). The molecule has 7 nitrogen and oxygen atoms in total. The van der Waals surface area contributed by atoms with E-state index < -0.39 is 12.0 Å². The Labute approximate surface area is 262 Å². The van der Waals surface area contributed by atoms with Crippen LogP contribution in [0.15, 0.2) is 133 Å². The highest BCUT2D eigenvalue weighted by atomic mass is 16.5. The van der Waals surface area contributed by atoms with Crippen LogP contribution >= 0.6 is 0 Å². The van der Waals surface area contributed by atoms with Crippen molar-refractivity contribution in [3.05, 3.63) is 156 Å². The van der Waals surface area contributed by atoms with E-state index in [4.69, 9.17) is 4.74 Å². The van der Waals surface area contributed by atoms with Crippen LogP contribution in [0.4, 0.5) is 5.69 Å². The molecule has 0 spiro atoms. The average Bonchev–Trinajstić information content (AvgIpc) is 3.08. The lowest BCUT2D eigenvalue weighted by molar-refractivity contribution is -0.137. The first-order valence-corrected chi connectivity index (χ1v) is 14.8. The molecule has 5 aromatic carbocycles. The Morgan fingerprint density at radius 2 is 1.36 bits per heavy atom. The summed E-state index contributed by atoms with van der Waals surface area (Å²) in [5.41, 5.74) is 5.26. The lowest BCUT2D eigenvalue weighted by Gasteiger charge is -2.18. The summed E-state index contributed by atoms with van der Waals surface area (Å²) in [6, 6.07) is 39.9. The van der Waals surface area contributed by atoms with E-state index in [1.54, 1.807) is 60.7 Å². The minimum atomic E-state index is -1.03. The van der Waals surface area contributed by atoms with Crippen molar-refractivity contribution in [2.45, 2.75) is 18.9 Å². The maximum Gasteiger partial charge on any atom is 0.326 e. The average molecular weight is 599 g/mol. The Morgan fingerprint density at radius 3 is 2.09 bits per heavy atom. The van der Waals surface area contributed by atoms with Crippen LogP contribution in [0.1, 0.15) is 27.0 Å². The van der Waals surface area contributed by atoms with E-state index in [9.17, 15) is 19.5 Å². The zero-order chi connectivity index (χ0) is 31.4. The third-order valence-corrected chi connectivity index (χ3v) is 7.34. The van der Waals surface area contributed by atoms with Gasteiger partial charge in [-0.2, -0.15) is 0 Å². The number of carbonyl (C=O) groups excluding carboxylic acids is 2. The molecular formula is C38H34N2O5. The number of carboxylic acid groups (broad SMARTS) is 1. The van der Waals surface area contributed by atoms with Gasteiger partial charge < -0.3 is 20.5 Å². The van der Waals surface area contributed by atoms with Crippen LogP contribution in [0.25, 0.3) is 11.1 Å². The summed E-state index contributed by atoms with van der Waals surface area (Å²) in [5.74, 6) is -0.686. The van der Waals surface area contributed by atoms with Crippen molar-refractivity contribution >= 4 is 23.3 Å². The number of hydrogen-bond donors (Lipinski definition) is 3. The van der Waals surface area contributed by atoms with Crippen LogP contribution in [0.3, 0.4) is 0 Å². The lowest BCUT2D eigenvalue weighted by Crippen LogP contribution is -2.32. The van der Waals surface area contributed by atoms with E-state index in [1.165, 1.54) is 0 Å². The number of carbonyl (C=O) groups is 3. The molecule has 7 heteroatoms. The molecule has 0 heterocycles. The molecule has 1 unspecified atom stereocenters. The summed E-state index contributed by atoms with van der Waals surface area (Å²) in [6.07, 6.45) is 0.466. The van der Waals surface area contributed by atoms with E-state index >= 15 is 0 Å². The fourth-order valence-corrected chi connectivity index (χ4v) is 5.07. The fraction of sp³-hybridized carbons (Fsp3) is 0.132. The number of hydrogen-bond acceptors (Lipinski definition) is 5. The Balaban J connectivity index is 1.12. The predicted molar refractivity (Wildman–Crippen MR) is 176 cm³/mol. The first-order chi connectivity index (χ1) is 22.0. The molecule has 0 aromatic heterocycles. The molecule has 0 fully saturated rings. The smallest absolute Gasteiger partial charge is 0.326 e. The molecule has 226 valence electrons. The summed E-state index contributed by atoms with van der Waals surface area (Å²) in [5, 5.41) is 15.9. The maximum absolute atomic E-state index is 13.1. The van der Waals surface area contributed by atoms with Gasteiger partial charge in [0.25, 0.3) is 0 Å². The van der Waals surface area contributed by atoms with Gasteiger partial charge in [-0.05, 0) is 46.5 Å². The predicted octanol–water partition coefficient (Wildman–Crippen LogP) is 6.43. The van der Waals surface area contributed by atoms with Crippen LogP contribution in [0, 0.1) is 0 Å². The number of ketones is 1. The molecule has 45 heavy (non-hydrogen) atoms. The summed E-state index contributed by atoms with van der Waals surface area (Å²) in [4.78, 5) is 37.9.